The van der Waals surface area contributed by atoms with Crippen molar-refractivity contribution < 1.29 is 9.84 Å². The highest BCUT2D eigenvalue weighted by atomic mass is 16.5. The van der Waals surface area contributed by atoms with Crippen LogP contribution < -0.4 is 10.1 Å². The number of rotatable bonds is 7. The number of aliphatic hydroxyl groups is 1. The molecule has 0 aliphatic heterocycles. The molecule has 3 nitrogen and oxygen atoms in total. The normalized spacial score (nSPS) is 12.4. The first-order chi connectivity index (χ1) is 7.74. The third-order valence-electron chi connectivity index (χ3n) is 2.33. The Bertz CT molecular complexity index is 300. The first-order valence-corrected chi connectivity index (χ1v) is 5.83. The molecule has 0 aliphatic carbocycles. The van der Waals surface area contributed by atoms with Crippen LogP contribution >= 0.6 is 0 Å². The van der Waals surface area contributed by atoms with Crippen molar-refractivity contribution in [2.24, 2.45) is 0 Å². The number of aliphatic hydroxyl groups excluding tert-OH is 1. The van der Waals surface area contributed by atoms with Crippen LogP contribution in [0.5, 0.6) is 5.75 Å². The van der Waals surface area contributed by atoms with Crippen LogP contribution in [0.1, 0.15) is 25.8 Å². The molecule has 1 aromatic carbocycles. The standard InChI is InChI=1S/C13H21NO2/c1-3-14-10-12-6-4-5-7-13(12)16-9-8-11(2)15/h4-7,11,14-15H,3,8-10H2,1-2H3. The van der Waals surface area contributed by atoms with Gasteiger partial charge in [-0.3, -0.25) is 0 Å². The Kier molecular flexibility index (Phi) is 5.90. The van der Waals surface area contributed by atoms with Gasteiger partial charge in [-0.2, -0.15) is 0 Å². The van der Waals surface area contributed by atoms with Crippen LogP contribution in [0.2, 0.25) is 0 Å². The van der Waals surface area contributed by atoms with Crippen molar-refractivity contribution in [2.75, 3.05) is 13.2 Å². The van der Waals surface area contributed by atoms with Crippen LogP contribution in [-0.4, -0.2) is 24.4 Å². The molecule has 3 heteroatoms. The van der Waals surface area contributed by atoms with Crippen molar-refractivity contribution in [3.63, 3.8) is 0 Å². The maximum Gasteiger partial charge on any atom is 0.123 e. The average molecular weight is 223 g/mol. The molecule has 1 atom stereocenters. The van der Waals surface area contributed by atoms with Gasteiger partial charge in [0.15, 0.2) is 0 Å². The Morgan fingerprint density at radius 1 is 1.38 bits per heavy atom. The first-order valence-electron chi connectivity index (χ1n) is 5.83. The predicted molar refractivity (Wildman–Crippen MR) is 65.6 cm³/mol. The molecule has 1 rings (SSSR count). The van der Waals surface area contributed by atoms with Crippen LogP contribution in [0.15, 0.2) is 24.3 Å². The van der Waals surface area contributed by atoms with E-state index in [2.05, 4.69) is 18.3 Å². The van der Waals surface area contributed by atoms with Gasteiger partial charge in [0.1, 0.15) is 5.75 Å². The Hall–Kier alpha value is -1.06. The molecule has 16 heavy (non-hydrogen) atoms. The number of ether oxygens (including phenoxy) is 1. The summed E-state index contributed by atoms with van der Waals surface area (Å²) in [4.78, 5) is 0. The summed E-state index contributed by atoms with van der Waals surface area (Å²) in [6, 6.07) is 8.00. The zero-order valence-electron chi connectivity index (χ0n) is 10.1. The Morgan fingerprint density at radius 3 is 2.81 bits per heavy atom. The van der Waals surface area contributed by atoms with Gasteiger partial charge in [0.25, 0.3) is 0 Å². The summed E-state index contributed by atoms with van der Waals surface area (Å²) >= 11 is 0. The van der Waals surface area contributed by atoms with Crippen LogP contribution in [0.25, 0.3) is 0 Å². The van der Waals surface area contributed by atoms with E-state index in [1.807, 2.05) is 18.2 Å². The lowest BCUT2D eigenvalue weighted by Crippen LogP contribution is -2.14. The fourth-order valence-corrected chi connectivity index (χ4v) is 1.39. The molecule has 0 aliphatic rings. The SMILES string of the molecule is CCNCc1ccccc1OCCC(C)O. The highest BCUT2D eigenvalue weighted by Crippen LogP contribution is 2.17. The Labute approximate surface area is 97.4 Å². The maximum atomic E-state index is 9.15. The molecule has 0 bridgehead atoms. The average Bonchev–Trinajstić information content (AvgIpc) is 2.27. The van der Waals surface area contributed by atoms with Gasteiger partial charge in [0.05, 0.1) is 12.7 Å². The van der Waals surface area contributed by atoms with Crippen LogP contribution in [0.3, 0.4) is 0 Å². The first kappa shape index (κ1) is 13.0. The van der Waals surface area contributed by atoms with Crippen LogP contribution in [-0.2, 0) is 6.54 Å². The summed E-state index contributed by atoms with van der Waals surface area (Å²) in [6.45, 7) is 6.18. The van der Waals surface area contributed by atoms with Gasteiger partial charge in [-0.1, -0.05) is 25.1 Å². The van der Waals surface area contributed by atoms with E-state index < -0.39 is 0 Å². The lowest BCUT2D eigenvalue weighted by molar-refractivity contribution is 0.155. The zero-order chi connectivity index (χ0) is 11.8. The second-order valence-electron chi connectivity index (χ2n) is 3.87. The third-order valence-corrected chi connectivity index (χ3v) is 2.33. The molecule has 0 saturated heterocycles. The quantitative estimate of drug-likeness (QED) is 0.742. The van der Waals surface area contributed by atoms with Gasteiger partial charge >= 0.3 is 0 Å². The molecule has 0 saturated carbocycles. The van der Waals surface area contributed by atoms with Gasteiger partial charge in [0, 0.05) is 18.5 Å². The highest BCUT2D eigenvalue weighted by Gasteiger charge is 2.02. The van der Waals surface area contributed by atoms with E-state index in [0.29, 0.717) is 13.0 Å². The minimum atomic E-state index is -0.305. The zero-order valence-corrected chi connectivity index (χ0v) is 10.1. The fraction of sp³-hybridized carbons (Fsp3) is 0.538. The lowest BCUT2D eigenvalue weighted by atomic mass is 10.2. The van der Waals surface area contributed by atoms with Crippen LogP contribution in [0.4, 0.5) is 0 Å². The molecular formula is C13H21NO2. The summed E-state index contributed by atoms with van der Waals surface area (Å²) < 4.78 is 5.65. The second kappa shape index (κ2) is 7.25. The van der Waals surface area contributed by atoms with E-state index in [9.17, 15) is 0 Å². The van der Waals surface area contributed by atoms with Crippen molar-refractivity contribution in [1.82, 2.24) is 5.32 Å². The molecule has 0 fully saturated rings. The lowest BCUT2D eigenvalue weighted by Gasteiger charge is -2.12. The van der Waals surface area contributed by atoms with Crippen LogP contribution in [0, 0.1) is 0 Å². The van der Waals surface area contributed by atoms with Gasteiger partial charge < -0.3 is 15.2 Å². The molecule has 1 unspecified atom stereocenters. The van der Waals surface area contributed by atoms with E-state index in [-0.39, 0.29) is 6.10 Å². The van der Waals surface area contributed by atoms with Crippen molar-refractivity contribution in [1.29, 1.82) is 0 Å². The van der Waals surface area contributed by atoms with Gasteiger partial charge in [-0.15, -0.1) is 0 Å². The Balaban J connectivity index is 2.49. The third kappa shape index (κ3) is 4.64. The number of hydrogen-bond donors (Lipinski definition) is 2. The molecule has 0 spiro atoms. The number of para-hydroxylation sites is 1. The molecule has 90 valence electrons. The van der Waals surface area contributed by atoms with E-state index >= 15 is 0 Å². The molecule has 1 aromatic rings. The minimum absolute atomic E-state index is 0.305. The van der Waals surface area contributed by atoms with Crippen molar-refractivity contribution in [2.45, 2.75) is 32.9 Å². The van der Waals surface area contributed by atoms with Crippen molar-refractivity contribution in [3.05, 3.63) is 29.8 Å². The van der Waals surface area contributed by atoms with Crippen molar-refractivity contribution in [3.8, 4) is 5.75 Å². The summed E-state index contributed by atoms with van der Waals surface area (Å²) in [5, 5.41) is 12.4. The molecule has 0 aromatic heterocycles. The predicted octanol–water partition coefficient (Wildman–Crippen LogP) is 1.95. The molecule has 0 amide bonds. The summed E-state index contributed by atoms with van der Waals surface area (Å²) in [6.07, 6.45) is 0.358. The summed E-state index contributed by atoms with van der Waals surface area (Å²) in [7, 11) is 0. The monoisotopic (exact) mass is 223 g/mol. The van der Waals surface area contributed by atoms with E-state index in [1.54, 1.807) is 6.92 Å². The fourth-order valence-electron chi connectivity index (χ4n) is 1.39. The Morgan fingerprint density at radius 2 is 2.12 bits per heavy atom. The number of nitrogens with one attached hydrogen (secondary N) is 1. The number of hydrogen-bond acceptors (Lipinski definition) is 3. The molecule has 0 heterocycles. The molecule has 0 radical (unpaired) electrons. The second-order valence-corrected chi connectivity index (χ2v) is 3.87. The van der Waals surface area contributed by atoms with Gasteiger partial charge in [0.2, 0.25) is 0 Å². The summed E-state index contributed by atoms with van der Waals surface area (Å²) in [5.74, 6) is 0.907. The minimum Gasteiger partial charge on any atom is -0.493 e. The van der Waals surface area contributed by atoms with E-state index in [4.69, 9.17) is 9.84 Å². The van der Waals surface area contributed by atoms with Gasteiger partial charge in [-0.25, -0.2) is 0 Å². The van der Waals surface area contributed by atoms with E-state index in [1.165, 1.54) is 0 Å². The largest absolute Gasteiger partial charge is 0.493 e. The van der Waals surface area contributed by atoms with Crippen molar-refractivity contribution >= 4 is 0 Å². The molecular weight excluding hydrogens is 202 g/mol. The topological polar surface area (TPSA) is 41.5 Å². The highest BCUT2D eigenvalue weighted by molar-refractivity contribution is 5.33. The van der Waals surface area contributed by atoms with E-state index in [0.717, 1.165) is 24.4 Å². The smallest absolute Gasteiger partial charge is 0.123 e. The summed E-state index contributed by atoms with van der Waals surface area (Å²) in [5.41, 5.74) is 1.16. The number of benzene rings is 1. The molecule has 2 N–H and O–H groups in total. The maximum absolute atomic E-state index is 9.15. The van der Waals surface area contributed by atoms with Gasteiger partial charge in [-0.05, 0) is 19.5 Å².